The summed E-state index contributed by atoms with van der Waals surface area (Å²) in [5.41, 5.74) is 0. The molecule has 0 aromatic carbocycles. The Kier molecular flexibility index (Phi) is 4.86. The lowest BCUT2D eigenvalue weighted by Gasteiger charge is -1.93. The van der Waals surface area contributed by atoms with E-state index in [1.54, 1.807) is 0 Å². The van der Waals surface area contributed by atoms with Crippen molar-refractivity contribution in [1.82, 2.24) is 0 Å². The van der Waals surface area contributed by atoms with E-state index in [0.29, 0.717) is 12.8 Å². The molecule has 0 aliphatic heterocycles. The summed E-state index contributed by atoms with van der Waals surface area (Å²) < 4.78 is 1.89. The Morgan fingerprint density at radius 1 is 1.57 bits per heavy atom. The van der Waals surface area contributed by atoms with Crippen LogP contribution in [0, 0.1) is 12.3 Å². The fourth-order valence-electron chi connectivity index (χ4n) is 0.958. The van der Waals surface area contributed by atoms with Crippen LogP contribution < -0.4 is 0 Å². The highest BCUT2D eigenvalue weighted by molar-refractivity contribution is 9.13. The van der Waals surface area contributed by atoms with Crippen molar-refractivity contribution in [2.24, 2.45) is 0 Å². The summed E-state index contributed by atoms with van der Waals surface area (Å²) in [5, 5.41) is 0. The van der Waals surface area contributed by atoms with E-state index in [0.717, 1.165) is 19.6 Å². The van der Waals surface area contributed by atoms with Gasteiger partial charge in [-0.25, -0.2) is 0 Å². The fraction of sp³-hybridized carbons (Fsp3) is 0.300. The number of carbonyl (C=O) groups excluding carboxylic acids is 1. The quantitative estimate of drug-likeness (QED) is 0.456. The average molecular weight is 336 g/mol. The second kappa shape index (κ2) is 5.69. The number of unbranched alkanes of at least 4 members (excludes halogenated alkanes) is 1. The van der Waals surface area contributed by atoms with Crippen LogP contribution in [0.1, 0.15) is 28.9 Å². The maximum Gasteiger partial charge on any atom is 0.172 e. The Morgan fingerprint density at radius 3 is 2.79 bits per heavy atom. The van der Waals surface area contributed by atoms with Crippen molar-refractivity contribution in [3.05, 3.63) is 19.2 Å². The lowest BCUT2D eigenvalue weighted by molar-refractivity contribution is 0.0984. The van der Waals surface area contributed by atoms with Crippen molar-refractivity contribution in [2.45, 2.75) is 19.3 Å². The van der Waals surface area contributed by atoms with Gasteiger partial charge in [0.05, 0.1) is 8.66 Å². The van der Waals surface area contributed by atoms with Crippen LogP contribution in [0.4, 0.5) is 0 Å². The first kappa shape index (κ1) is 12.0. The van der Waals surface area contributed by atoms with E-state index in [4.69, 9.17) is 6.42 Å². The van der Waals surface area contributed by atoms with Gasteiger partial charge in [-0.05, 0) is 44.3 Å². The first-order chi connectivity index (χ1) is 6.65. The molecular weight excluding hydrogens is 328 g/mol. The summed E-state index contributed by atoms with van der Waals surface area (Å²) >= 11 is 8.15. The number of hydrogen-bond acceptors (Lipinski definition) is 2. The van der Waals surface area contributed by atoms with Gasteiger partial charge in [0.1, 0.15) is 0 Å². The smallest absolute Gasteiger partial charge is 0.172 e. The summed E-state index contributed by atoms with van der Waals surface area (Å²) in [6.07, 6.45) is 7.07. The number of carbonyl (C=O) groups is 1. The molecule has 1 heterocycles. The van der Waals surface area contributed by atoms with E-state index in [1.807, 2.05) is 6.07 Å². The van der Waals surface area contributed by atoms with Crippen molar-refractivity contribution in [2.75, 3.05) is 0 Å². The van der Waals surface area contributed by atoms with E-state index in [-0.39, 0.29) is 5.78 Å². The molecule has 0 unspecified atom stereocenters. The van der Waals surface area contributed by atoms with Crippen molar-refractivity contribution >= 4 is 49.0 Å². The monoisotopic (exact) mass is 334 g/mol. The van der Waals surface area contributed by atoms with Gasteiger partial charge in [-0.3, -0.25) is 4.79 Å². The first-order valence-electron chi connectivity index (χ1n) is 4.06. The van der Waals surface area contributed by atoms with Gasteiger partial charge in [0, 0.05) is 17.3 Å². The number of halogens is 2. The number of Topliss-reactive ketones (excluding diaryl/α,β-unsaturated/α-hetero) is 1. The number of ketones is 1. The summed E-state index contributed by atoms with van der Waals surface area (Å²) in [4.78, 5) is 12.4. The molecule has 0 saturated carbocycles. The zero-order valence-electron chi connectivity index (χ0n) is 7.35. The standard InChI is InChI=1S/C10H8Br2OS/c1-2-3-4-5-8(13)9-6-7(11)10(12)14-9/h1,6H,3-5H2. The molecule has 1 nitrogen and oxygen atoms in total. The SMILES string of the molecule is C#CCCCC(=O)c1cc(Br)c(Br)s1. The average Bonchev–Trinajstić information content (AvgIpc) is 2.47. The maximum atomic E-state index is 11.6. The van der Waals surface area contributed by atoms with Crippen LogP contribution >= 0.6 is 43.2 Å². The minimum absolute atomic E-state index is 0.164. The van der Waals surface area contributed by atoms with Crippen LogP contribution in [0.2, 0.25) is 0 Å². The van der Waals surface area contributed by atoms with Crippen LogP contribution in [0.15, 0.2) is 14.3 Å². The number of terminal acetylenes is 1. The number of rotatable bonds is 4. The first-order valence-corrected chi connectivity index (χ1v) is 6.47. The molecule has 0 radical (unpaired) electrons. The Balaban J connectivity index is 2.57. The highest BCUT2D eigenvalue weighted by Gasteiger charge is 2.11. The molecule has 0 N–H and O–H groups in total. The van der Waals surface area contributed by atoms with Gasteiger partial charge in [0.25, 0.3) is 0 Å². The highest BCUT2D eigenvalue weighted by Crippen LogP contribution is 2.33. The van der Waals surface area contributed by atoms with Gasteiger partial charge in [-0.2, -0.15) is 0 Å². The summed E-state index contributed by atoms with van der Waals surface area (Å²) in [5.74, 6) is 2.69. The third-order valence-corrected chi connectivity index (χ3v) is 4.94. The molecule has 0 atom stereocenters. The lowest BCUT2D eigenvalue weighted by Crippen LogP contribution is -1.94. The Labute approximate surface area is 104 Å². The Hall–Kier alpha value is -0.110. The van der Waals surface area contributed by atoms with Crippen molar-refractivity contribution in [1.29, 1.82) is 0 Å². The van der Waals surface area contributed by atoms with E-state index in [1.165, 1.54) is 11.3 Å². The minimum atomic E-state index is 0.164. The van der Waals surface area contributed by atoms with Crippen molar-refractivity contribution in [3.63, 3.8) is 0 Å². The summed E-state index contributed by atoms with van der Waals surface area (Å²) in [7, 11) is 0. The van der Waals surface area contributed by atoms with Crippen LogP contribution in [0.3, 0.4) is 0 Å². The molecule has 0 spiro atoms. The third kappa shape index (κ3) is 3.23. The molecule has 1 aromatic heterocycles. The molecule has 14 heavy (non-hydrogen) atoms. The van der Waals surface area contributed by atoms with Gasteiger partial charge in [0.15, 0.2) is 5.78 Å². The van der Waals surface area contributed by atoms with E-state index >= 15 is 0 Å². The number of thiophene rings is 1. The van der Waals surface area contributed by atoms with Crippen LogP contribution in [0.25, 0.3) is 0 Å². The van der Waals surface area contributed by atoms with Crippen LogP contribution in [-0.4, -0.2) is 5.78 Å². The van der Waals surface area contributed by atoms with Crippen LogP contribution in [-0.2, 0) is 0 Å². The molecule has 0 fully saturated rings. The summed E-state index contributed by atoms with van der Waals surface area (Å²) in [6.45, 7) is 0. The molecule has 4 heteroatoms. The normalized spacial score (nSPS) is 9.79. The van der Waals surface area contributed by atoms with Crippen molar-refractivity contribution < 1.29 is 4.79 Å². The minimum Gasteiger partial charge on any atom is -0.293 e. The molecule has 0 saturated heterocycles. The Bertz CT molecular complexity index is 356. The predicted molar refractivity (Wildman–Crippen MR) is 66.7 cm³/mol. The number of hydrogen-bond donors (Lipinski definition) is 0. The molecule has 1 rings (SSSR count). The third-order valence-electron chi connectivity index (χ3n) is 1.64. The van der Waals surface area contributed by atoms with Gasteiger partial charge < -0.3 is 0 Å². The topological polar surface area (TPSA) is 17.1 Å². The second-order valence-electron chi connectivity index (χ2n) is 2.71. The van der Waals surface area contributed by atoms with Gasteiger partial charge in [0.2, 0.25) is 0 Å². The summed E-state index contributed by atoms with van der Waals surface area (Å²) in [6, 6.07) is 1.84. The van der Waals surface area contributed by atoms with Gasteiger partial charge in [-0.1, -0.05) is 0 Å². The molecule has 0 aliphatic carbocycles. The molecule has 74 valence electrons. The fourth-order valence-corrected chi connectivity index (χ4v) is 2.96. The molecule has 0 aliphatic rings. The van der Waals surface area contributed by atoms with Crippen molar-refractivity contribution in [3.8, 4) is 12.3 Å². The van der Waals surface area contributed by atoms with E-state index in [2.05, 4.69) is 37.8 Å². The van der Waals surface area contributed by atoms with E-state index in [9.17, 15) is 4.79 Å². The zero-order chi connectivity index (χ0) is 10.6. The maximum absolute atomic E-state index is 11.6. The molecule has 0 amide bonds. The van der Waals surface area contributed by atoms with Gasteiger partial charge in [-0.15, -0.1) is 23.7 Å². The Morgan fingerprint density at radius 2 is 2.29 bits per heavy atom. The second-order valence-corrected chi connectivity index (χ2v) is 5.94. The highest BCUT2D eigenvalue weighted by atomic mass is 79.9. The molecular formula is C10H8Br2OS. The predicted octanol–water partition coefficient (Wildman–Crippen LogP) is 4.26. The molecule has 0 bridgehead atoms. The van der Waals surface area contributed by atoms with E-state index < -0.39 is 0 Å². The zero-order valence-corrected chi connectivity index (χ0v) is 11.3. The lowest BCUT2D eigenvalue weighted by atomic mass is 10.1. The van der Waals surface area contributed by atoms with Crippen LogP contribution in [0.5, 0.6) is 0 Å². The molecule has 1 aromatic rings. The van der Waals surface area contributed by atoms with Gasteiger partial charge >= 0.3 is 0 Å². The largest absolute Gasteiger partial charge is 0.293 e.